The number of halogens is 1. The molecule has 0 bridgehead atoms. The molecule has 0 fully saturated rings. The fraction of sp³-hybridized carbons (Fsp3) is 0.143. The third-order valence-corrected chi connectivity index (χ3v) is 6.15. The third-order valence-electron chi connectivity index (χ3n) is 2.94. The lowest BCUT2D eigenvalue weighted by atomic mass is 10.2. The molecule has 1 amide bonds. The highest BCUT2D eigenvalue weighted by Gasteiger charge is 2.26. The minimum absolute atomic E-state index is 0.0512. The van der Waals surface area contributed by atoms with Crippen LogP contribution in [0.2, 0.25) is 5.02 Å². The van der Waals surface area contributed by atoms with E-state index in [1.165, 1.54) is 43.7 Å². The number of carbonyl (C=O) groups excluding carboxylic acids is 1. The number of benzene rings is 1. The molecular weight excluding hydrogens is 358 g/mol. The molecule has 2 rings (SSSR count). The van der Waals surface area contributed by atoms with E-state index in [9.17, 15) is 13.2 Å². The number of rotatable bonds is 4. The molecule has 1 aromatic carbocycles. The summed E-state index contributed by atoms with van der Waals surface area (Å²) in [5, 5.41) is 13.2. The Morgan fingerprint density at radius 1 is 1.35 bits per heavy atom. The molecule has 0 saturated carbocycles. The van der Waals surface area contributed by atoms with Crippen LogP contribution in [0.15, 0.2) is 34.5 Å². The lowest BCUT2D eigenvalue weighted by Crippen LogP contribution is -2.24. The number of hydrogen-bond donors (Lipinski definition) is 1. The summed E-state index contributed by atoms with van der Waals surface area (Å²) in [6.45, 7) is 0. The van der Waals surface area contributed by atoms with Gasteiger partial charge in [-0.25, -0.2) is 12.7 Å². The van der Waals surface area contributed by atoms with Crippen LogP contribution in [0.5, 0.6) is 0 Å². The molecule has 0 unspecified atom stereocenters. The summed E-state index contributed by atoms with van der Waals surface area (Å²) in [5.41, 5.74) is 0.664. The van der Waals surface area contributed by atoms with Crippen LogP contribution in [-0.2, 0) is 10.0 Å². The number of nitrogens with one attached hydrogen (secondary N) is 1. The first kappa shape index (κ1) is 17.4. The number of carbonyl (C=O) groups is 1. The van der Waals surface area contributed by atoms with Crippen LogP contribution in [0.3, 0.4) is 0 Å². The second-order valence-corrected chi connectivity index (χ2v) is 8.11. The molecule has 0 saturated heterocycles. The largest absolute Gasteiger partial charge is 0.321 e. The van der Waals surface area contributed by atoms with Gasteiger partial charge in [0.1, 0.15) is 15.8 Å². The minimum atomic E-state index is -3.71. The van der Waals surface area contributed by atoms with E-state index in [1.54, 1.807) is 0 Å². The van der Waals surface area contributed by atoms with Gasteiger partial charge in [0.25, 0.3) is 5.91 Å². The fourth-order valence-corrected chi connectivity index (χ4v) is 4.15. The minimum Gasteiger partial charge on any atom is -0.321 e. The smallest absolute Gasteiger partial charge is 0.267 e. The van der Waals surface area contributed by atoms with Gasteiger partial charge in [0.2, 0.25) is 10.0 Å². The van der Waals surface area contributed by atoms with Crippen LogP contribution >= 0.6 is 22.9 Å². The highest BCUT2D eigenvalue weighted by atomic mass is 35.5. The maximum absolute atomic E-state index is 12.3. The van der Waals surface area contributed by atoms with E-state index in [0.29, 0.717) is 5.69 Å². The lowest BCUT2D eigenvalue weighted by Gasteiger charge is -2.12. The third kappa shape index (κ3) is 3.54. The van der Waals surface area contributed by atoms with Crippen LogP contribution in [0.4, 0.5) is 5.69 Å². The van der Waals surface area contributed by atoms with Crippen molar-refractivity contribution in [2.75, 3.05) is 19.4 Å². The maximum Gasteiger partial charge on any atom is 0.267 e. The molecule has 0 aliphatic rings. The van der Waals surface area contributed by atoms with E-state index in [1.807, 2.05) is 6.07 Å². The Bertz CT molecular complexity index is 898. The van der Waals surface area contributed by atoms with Crippen LogP contribution < -0.4 is 5.32 Å². The van der Waals surface area contributed by atoms with Crippen molar-refractivity contribution in [2.24, 2.45) is 0 Å². The summed E-state index contributed by atoms with van der Waals surface area (Å²) in [7, 11) is -0.911. The van der Waals surface area contributed by atoms with Gasteiger partial charge in [-0.05, 0) is 29.6 Å². The summed E-state index contributed by atoms with van der Waals surface area (Å²) >= 11 is 6.94. The van der Waals surface area contributed by atoms with Crippen molar-refractivity contribution in [1.82, 2.24) is 4.31 Å². The summed E-state index contributed by atoms with van der Waals surface area (Å²) in [6.07, 6.45) is 0. The van der Waals surface area contributed by atoms with E-state index in [2.05, 4.69) is 5.32 Å². The van der Waals surface area contributed by atoms with Crippen LogP contribution in [-0.4, -0.2) is 32.7 Å². The van der Waals surface area contributed by atoms with Crippen molar-refractivity contribution in [2.45, 2.75) is 4.90 Å². The number of hydrogen-bond acceptors (Lipinski definition) is 5. The standard InChI is InChI=1S/C14H12ClN3O3S2/c1-18(2)23(20,21)12-5-6-22-13(12)14(19)17-10-4-3-9(8-16)11(15)7-10/h3-7H,1-2H3,(H,17,19). The zero-order valence-corrected chi connectivity index (χ0v) is 14.6. The number of nitrogens with zero attached hydrogens (tertiary/aromatic N) is 2. The monoisotopic (exact) mass is 369 g/mol. The topological polar surface area (TPSA) is 90.3 Å². The zero-order chi connectivity index (χ0) is 17.2. The molecule has 0 aliphatic carbocycles. The van der Waals surface area contributed by atoms with Gasteiger partial charge >= 0.3 is 0 Å². The van der Waals surface area contributed by atoms with Crippen LogP contribution in [0.1, 0.15) is 15.2 Å². The van der Waals surface area contributed by atoms with Gasteiger partial charge in [0, 0.05) is 19.8 Å². The molecule has 6 nitrogen and oxygen atoms in total. The van der Waals surface area contributed by atoms with E-state index in [0.717, 1.165) is 15.6 Å². The second-order valence-electron chi connectivity index (χ2n) is 4.66. The maximum atomic E-state index is 12.3. The highest BCUT2D eigenvalue weighted by Crippen LogP contribution is 2.26. The predicted octanol–water partition coefficient (Wildman–Crippen LogP) is 2.78. The number of amides is 1. The Hall–Kier alpha value is -1.92. The van der Waals surface area contributed by atoms with Crippen molar-refractivity contribution in [3.8, 4) is 6.07 Å². The Labute approximate surface area is 143 Å². The van der Waals surface area contributed by atoms with Gasteiger partial charge < -0.3 is 5.32 Å². The summed E-state index contributed by atoms with van der Waals surface area (Å²) in [4.78, 5) is 12.4. The SMILES string of the molecule is CN(C)S(=O)(=O)c1ccsc1C(=O)Nc1ccc(C#N)c(Cl)c1. The Kier molecular flexibility index (Phi) is 5.06. The molecule has 0 aliphatic heterocycles. The molecule has 1 aromatic heterocycles. The van der Waals surface area contributed by atoms with Crippen molar-refractivity contribution in [3.63, 3.8) is 0 Å². The van der Waals surface area contributed by atoms with Crippen LogP contribution in [0, 0.1) is 11.3 Å². The van der Waals surface area contributed by atoms with Crippen LogP contribution in [0.25, 0.3) is 0 Å². The zero-order valence-electron chi connectivity index (χ0n) is 12.2. The summed E-state index contributed by atoms with van der Waals surface area (Å²) in [6, 6.07) is 7.74. The highest BCUT2D eigenvalue weighted by molar-refractivity contribution is 7.89. The van der Waals surface area contributed by atoms with Crippen molar-refractivity contribution in [1.29, 1.82) is 5.26 Å². The number of anilines is 1. The lowest BCUT2D eigenvalue weighted by molar-refractivity contribution is 0.102. The molecular formula is C14H12ClN3O3S2. The number of sulfonamides is 1. The molecule has 23 heavy (non-hydrogen) atoms. The van der Waals surface area contributed by atoms with Gasteiger partial charge in [0.15, 0.2) is 0 Å². The Balaban J connectivity index is 2.32. The number of nitriles is 1. The quantitative estimate of drug-likeness (QED) is 0.897. The first-order valence-electron chi connectivity index (χ1n) is 6.28. The van der Waals surface area contributed by atoms with Gasteiger partial charge in [-0.2, -0.15) is 5.26 Å². The molecule has 0 radical (unpaired) electrons. The van der Waals surface area contributed by atoms with Gasteiger partial charge in [0.05, 0.1) is 10.6 Å². The van der Waals surface area contributed by atoms with Gasteiger partial charge in [-0.1, -0.05) is 11.6 Å². The van der Waals surface area contributed by atoms with E-state index >= 15 is 0 Å². The first-order valence-corrected chi connectivity index (χ1v) is 8.98. The summed E-state index contributed by atoms with van der Waals surface area (Å²) in [5.74, 6) is -0.554. The molecule has 1 N–H and O–H groups in total. The van der Waals surface area contributed by atoms with Gasteiger partial charge in [-0.3, -0.25) is 4.79 Å². The normalized spacial score (nSPS) is 11.3. The molecule has 9 heteroatoms. The van der Waals surface area contributed by atoms with Crippen molar-refractivity contribution < 1.29 is 13.2 Å². The van der Waals surface area contributed by atoms with Crippen molar-refractivity contribution >= 4 is 44.6 Å². The summed E-state index contributed by atoms with van der Waals surface area (Å²) < 4.78 is 25.5. The van der Waals surface area contributed by atoms with Crippen molar-refractivity contribution in [3.05, 3.63) is 45.1 Å². The average Bonchev–Trinajstić information content (AvgIpc) is 2.97. The molecule has 1 heterocycles. The Morgan fingerprint density at radius 2 is 2.04 bits per heavy atom. The van der Waals surface area contributed by atoms with E-state index in [-0.39, 0.29) is 20.4 Å². The predicted molar refractivity (Wildman–Crippen MR) is 89.3 cm³/mol. The molecule has 2 aromatic rings. The second kappa shape index (κ2) is 6.68. The molecule has 0 atom stereocenters. The molecule has 120 valence electrons. The van der Waals surface area contributed by atoms with E-state index in [4.69, 9.17) is 16.9 Å². The first-order chi connectivity index (χ1) is 10.8. The number of thiophene rings is 1. The van der Waals surface area contributed by atoms with Gasteiger partial charge in [-0.15, -0.1) is 11.3 Å². The fourth-order valence-electron chi connectivity index (χ4n) is 1.73. The Morgan fingerprint density at radius 3 is 2.61 bits per heavy atom. The van der Waals surface area contributed by atoms with E-state index < -0.39 is 15.9 Å². The average molecular weight is 370 g/mol. The molecule has 0 spiro atoms.